The number of nitrogens with zero attached hydrogens (tertiary/aromatic N) is 2. The van der Waals surface area contributed by atoms with Crippen molar-refractivity contribution in [3.8, 4) is 0 Å². The van der Waals surface area contributed by atoms with Gasteiger partial charge in [0.1, 0.15) is 5.69 Å². The van der Waals surface area contributed by atoms with Crippen LogP contribution >= 0.6 is 0 Å². The van der Waals surface area contributed by atoms with Gasteiger partial charge in [0.25, 0.3) is 11.5 Å². The number of hydrogen-bond acceptors (Lipinski definition) is 4. The first kappa shape index (κ1) is 14.4. The number of aromatic nitrogens is 2. The van der Waals surface area contributed by atoms with E-state index in [1.165, 1.54) is 16.8 Å². The number of carbonyl (C=O) groups excluding carboxylic acids is 1. The van der Waals surface area contributed by atoms with Crippen molar-refractivity contribution in [2.45, 2.75) is 32.9 Å². The van der Waals surface area contributed by atoms with E-state index in [4.69, 9.17) is 4.74 Å². The minimum atomic E-state index is -0.268. The molecule has 6 heteroatoms. The lowest BCUT2D eigenvalue weighted by Gasteiger charge is -2.11. The van der Waals surface area contributed by atoms with Crippen LogP contribution in [0.2, 0.25) is 0 Å². The summed E-state index contributed by atoms with van der Waals surface area (Å²) in [6.45, 7) is 4.61. The van der Waals surface area contributed by atoms with E-state index >= 15 is 0 Å². The highest BCUT2D eigenvalue weighted by Gasteiger charge is 2.11. The van der Waals surface area contributed by atoms with Crippen molar-refractivity contribution >= 4 is 5.91 Å². The molecule has 0 spiro atoms. The minimum absolute atomic E-state index is 0.0821. The van der Waals surface area contributed by atoms with Gasteiger partial charge in [-0.25, -0.2) is 4.68 Å². The molecule has 0 aliphatic carbocycles. The number of hydrogen-bond donors (Lipinski definition) is 1. The molecule has 0 bridgehead atoms. The van der Waals surface area contributed by atoms with Crippen LogP contribution in [0, 0.1) is 0 Å². The van der Waals surface area contributed by atoms with Gasteiger partial charge in [0.05, 0.1) is 13.2 Å². The number of rotatable bonds is 6. The third kappa shape index (κ3) is 3.96. The molecule has 1 rings (SSSR count). The smallest absolute Gasteiger partial charge is 0.271 e. The first-order valence-electron chi connectivity index (χ1n) is 5.96. The monoisotopic (exact) mass is 253 g/mol. The third-order valence-electron chi connectivity index (χ3n) is 2.60. The summed E-state index contributed by atoms with van der Waals surface area (Å²) < 4.78 is 6.11. The molecule has 0 saturated carbocycles. The average Bonchev–Trinajstić information content (AvgIpc) is 2.37. The lowest BCUT2D eigenvalue weighted by Crippen LogP contribution is -2.34. The second kappa shape index (κ2) is 6.90. The van der Waals surface area contributed by atoms with E-state index in [2.05, 4.69) is 10.4 Å². The van der Waals surface area contributed by atoms with E-state index in [1.54, 1.807) is 7.11 Å². The fourth-order valence-electron chi connectivity index (χ4n) is 1.31. The van der Waals surface area contributed by atoms with E-state index in [0.29, 0.717) is 13.2 Å². The van der Waals surface area contributed by atoms with Crippen LogP contribution in [0.3, 0.4) is 0 Å². The number of methoxy groups -OCH3 is 1. The zero-order chi connectivity index (χ0) is 13.5. The third-order valence-corrected chi connectivity index (χ3v) is 2.60. The standard InChI is InChI=1S/C12H19N3O3/c1-4-9(2)13-12(17)10-5-6-11(16)15(14-10)7-8-18-3/h5-6,9H,4,7-8H2,1-3H3,(H,13,17)/t9-/m1/s1. The molecule has 6 nitrogen and oxygen atoms in total. The molecule has 0 saturated heterocycles. The van der Waals surface area contributed by atoms with Crippen LogP contribution in [0.4, 0.5) is 0 Å². The largest absolute Gasteiger partial charge is 0.383 e. The Hall–Kier alpha value is -1.69. The molecule has 0 aliphatic rings. The van der Waals surface area contributed by atoms with Crippen molar-refractivity contribution in [1.29, 1.82) is 0 Å². The maximum atomic E-state index is 11.8. The van der Waals surface area contributed by atoms with Gasteiger partial charge in [0.2, 0.25) is 0 Å². The van der Waals surface area contributed by atoms with Crippen molar-refractivity contribution in [1.82, 2.24) is 15.1 Å². The Balaban J connectivity index is 2.83. The van der Waals surface area contributed by atoms with Gasteiger partial charge >= 0.3 is 0 Å². The SMILES string of the molecule is CC[C@@H](C)NC(=O)c1ccc(=O)n(CCOC)n1. The molecule has 1 aromatic rings. The number of ether oxygens (including phenoxy) is 1. The quantitative estimate of drug-likeness (QED) is 0.797. The fraction of sp³-hybridized carbons (Fsp3) is 0.583. The number of amides is 1. The molecule has 1 atom stereocenters. The number of carbonyl (C=O) groups is 1. The van der Waals surface area contributed by atoms with Crippen molar-refractivity contribution in [3.63, 3.8) is 0 Å². The Morgan fingerprint density at radius 1 is 1.56 bits per heavy atom. The molecular weight excluding hydrogens is 234 g/mol. The molecule has 0 unspecified atom stereocenters. The van der Waals surface area contributed by atoms with Gasteiger partial charge < -0.3 is 10.1 Å². The zero-order valence-electron chi connectivity index (χ0n) is 11.0. The van der Waals surface area contributed by atoms with Gasteiger partial charge in [0, 0.05) is 19.2 Å². The normalized spacial score (nSPS) is 12.2. The first-order chi connectivity index (χ1) is 8.58. The van der Waals surface area contributed by atoms with Crippen LogP contribution in [0.15, 0.2) is 16.9 Å². The second-order valence-electron chi connectivity index (χ2n) is 4.06. The summed E-state index contributed by atoms with van der Waals surface area (Å²) in [7, 11) is 1.55. The van der Waals surface area contributed by atoms with E-state index in [-0.39, 0.29) is 23.2 Å². The van der Waals surface area contributed by atoms with Crippen LogP contribution in [0.5, 0.6) is 0 Å². The molecule has 1 heterocycles. The lowest BCUT2D eigenvalue weighted by atomic mass is 10.2. The van der Waals surface area contributed by atoms with Crippen LogP contribution < -0.4 is 10.9 Å². The molecule has 1 N–H and O–H groups in total. The maximum Gasteiger partial charge on any atom is 0.271 e. The van der Waals surface area contributed by atoms with Gasteiger partial charge in [-0.3, -0.25) is 9.59 Å². The van der Waals surface area contributed by atoms with Gasteiger partial charge in [0.15, 0.2) is 0 Å². The highest BCUT2D eigenvalue weighted by Crippen LogP contribution is 1.95. The predicted molar refractivity (Wildman–Crippen MR) is 67.6 cm³/mol. The van der Waals surface area contributed by atoms with Gasteiger partial charge in [-0.2, -0.15) is 5.10 Å². The molecule has 0 aromatic carbocycles. The van der Waals surface area contributed by atoms with E-state index < -0.39 is 0 Å². The highest BCUT2D eigenvalue weighted by atomic mass is 16.5. The Morgan fingerprint density at radius 3 is 2.89 bits per heavy atom. The Kier molecular flexibility index (Phi) is 5.51. The van der Waals surface area contributed by atoms with E-state index in [9.17, 15) is 9.59 Å². The lowest BCUT2D eigenvalue weighted by molar-refractivity contribution is 0.0930. The minimum Gasteiger partial charge on any atom is -0.383 e. The summed E-state index contributed by atoms with van der Waals surface area (Å²) in [4.78, 5) is 23.3. The summed E-state index contributed by atoms with van der Waals surface area (Å²) in [6, 6.07) is 2.86. The highest BCUT2D eigenvalue weighted by molar-refractivity contribution is 5.92. The Bertz CT molecular complexity index is 456. The molecule has 0 radical (unpaired) electrons. The average molecular weight is 253 g/mol. The molecule has 100 valence electrons. The molecule has 0 fully saturated rings. The second-order valence-corrected chi connectivity index (χ2v) is 4.06. The first-order valence-corrected chi connectivity index (χ1v) is 5.96. The van der Waals surface area contributed by atoms with Crippen molar-refractivity contribution in [3.05, 3.63) is 28.2 Å². The van der Waals surface area contributed by atoms with Crippen LogP contribution in [-0.2, 0) is 11.3 Å². The van der Waals surface area contributed by atoms with Crippen molar-refractivity contribution in [2.75, 3.05) is 13.7 Å². The van der Waals surface area contributed by atoms with Gasteiger partial charge in [-0.05, 0) is 19.4 Å². The van der Waals surface area contributed by atoms with Crippen LogP contribution in [0.1, 0.15) is 30.8 Å². The molecule has 0 aliphatic heterocycles. The van der Waals surface area contributed by atoms with Crippen LogP contribution in [-0.4, -0.2) is 35.4 Å². The maximum absolute atomic E-state index is 11.8. The van der Waals surface area contributed by atoms with Crippen molar-refractivity contribution < 1.29 is 9.53 Å². The summed E-state index contributed by atoms with van der Waals surface area (Å²) in [6.07, 6.45) is 0.842. The van der Waals surface area contributed by atoms with E-state index in [0.717, 1.165) is 6.42 Å². The summed E-state index contributed by atoms with van der Waals surface area (Å²) in [5.74, 6) is -0.268. The van der Waals surface area contributed by atoms with Crippen molar-refractivity contribution in [2.24, 2.45) is 0 Å². The summed E-state index contributed by atoms with van der Waals surface area (Å²) >= 11 is 0. The molecule has 1 amide bonds. The number of nitrogens with one attached hydrogen (secondary N) is 1. The predicted octanol–water partition coefficient (Wildman–Crippen LogP) is 0.418. The molecule has 1 aromatic heterocycles. The van der Waals surface area contributed by atoms with Gasteiger partial charge in [-0.1, -0.05) is 6.92 Å². The Morgan fingerprint density at radius 2 is 2.28 bits per heavy atom. The zero-order valence-corrected chi connectivity index (χ0v) is 11.0. The Labute approximate surface area is 106 Å². The molecule has 18 heavy (non-hydrogen) atoms. The topological polar surface area (TPSA) is 73.2 Å². The summed E-state index contributed by atoms with van der Waals surface area (Å²) in [5.41, 5.74) is -0.00172. The van der Waals surface area contributed by atoms with Crippen LogP contribution in [0.25, 0.3) is 0 Å². The summed E-state index contributed by atoms with van der Waals surface area (Å²) in [5, 5.41) is 6.81. The fourth-order valence-corrected chi connectivity index (χ4v) is 1.31. The molecular formula is C12H19N3O3. The van der Waals surface area contributed by atoms with Gasteiger partial charge in [-0.15, -0.1) is 0 Å². The van der Waals surface area contributed by atoms with E-state index in [1.807, 2.05) is 13.8 Å².